The Bertz CT molecular complexity index is 673. The molecule has 2 aromatic rings. The summed E-state index contributed by atoms with van der Waals surface area (Å²) in [4.78, 5) is 8.55. The molecule has 0 aliphatic heterocycles. The van der Waals surface area contributed by atoms with E-state index in [0.29, 0.717) is 10.1 Å². The van der Waals surface area contributed by atoms with E-state index in [4.69, 9.17) is 0 Å². The summed E-state index contributed by atoms with van der Waals surface area (Å²) < 4.78 is 24.0. The number of pyridine rings is 1. The zero-order chi connectivity index (χ0) is 12.8. The van der Waals surface area contributed by atoms with E-state index in [1.807, 2.05) is 12.1 Å². The maximum absolute atomic E-state index is 11.8. The van der Waals surface area contributed by atoms with Crippen molar-refractivity contribution in [3.8, 4) is 10.6 Å². The smallest absolute Gasteiger partial charge is 0.186 e. The lowest BCUT2D eigenvalue weighted by Gasteiger charge is -1.95. The van der Waals surface area contributed by atoms with E-state index in [1.165, 1.54) is 17.6 Å². The molecule has 0 amide bonds. The number of hydrogen-bond donors (Lipinski definition) is 0. The molecule has 3 rings (SSSR count). The summed E-state index contributed by atoms with van der Waals surface area (Å²) in [6.07, 6.45) is 6.73. The Morgan fingerprint density at radius 1 is 1.39 bits per heavy atom. The van der Waals surface area contributed by atoms with Crippen molar-refractivity contribution in [1.29, 1.82) is 0 Å². The van der Waals surface area contributed by atoms with Crippen molar-refractivity contribution in [3.63, 3.8) is 0 Å². The average Bonchev–Trinajstić information content (AvgIpc) is 3.07. The van der Waals surface area contributed by atoms with Crippen molar-refractivity contribution in [3.05, 3.63) is 30.2 Å². The van der Waals surface area contributed by atoms with Crippen molar-refractivity contribution in [2.75, 3.05) is 6.26 Å². The first-order valence-electron chi connectivity index (χ1n) is 5.67. The Hall–Kier alpha value is -1.27. The number of sulfone groups is 1. The average molecular weight is 280 g/mol. The molecule has 0 radical (unpaired) electrons. The third kappa shape index (κ3) is 2.18. The first-order valence-corrected chi connectivity index (χ1v) is 8.37. The van der Waals surface area contributed by atoms with Gasteiger partial charge in [0.05, 0.1) is 5.69 Å². The van der Waals surface area contributed by atoms with Crippen LogP contribution in [0.2, 0.25) is 0 Å². The molecule has 18 heavy (non-hydrogen) atoms. The zero-order valence-corrected chi connectivity index (χ0v) is 11.5. The molecule has 0 N–H and O–H groups in total. The van der Waals surface area contributed by atoms with Gasteiger partial charge in [-0.2, -0.15) is 0 Å². The van der Waals surface area contributed by atoms with Gasteiger partial charge in [-0.1, -0.05) is 0 Å². The number of hydrogen-bond acceptors (Lipinski definition) is 5. The predicted octanol–water partition coefficient (Wildman–Crippen LogP) is 2.49. The molecule has 1 saturated carbocycles. The van der Waals surface area contributed by atoms with Crippen LogP contribution in [0.5, 0.6) is 0 Å². The van der Waals surface area contributed by atoms with Gasteiger partial charge in [-0.25, -0.2) is 13.4 Å². The van der Waals surface area contributed by atoms with Gasteiger partial charge in [0, 0.05) is 30.1 Å². The van der Waals surface area contributed by atoms with Gasteiger partial charge in [-0.05, 0) is 25.0 Å². The second-order valence-corrected chi connectivity index (χ2v) is 7.69. The van der Waals surface area contributed by atoms with Crippen LogP contribution in [0.3, 0.4) is 0 Å². The third-order valence-electron chi connectivity index (χ3n) is 2.83. The molecular weight excluding hydrogens is 268 g/mol. The van der Waals surface area contributed by atoms with Gasteiger partial charge in [0.2, 0.25) is 0 Å². The lowest BCUT2D eigenvalue weighted by atomic mass is 10.3. The van der Waals surface area contributed by atoms with Gasteiger partial charge in [0.1, 0.15) is 9.22 Å². The largest absolute Gasteiger partial charge is 0.264 e. The molecule has 0 aromatic carbocycles. The van der Waals surface area contributed by atoms with Crippen LogP contribution in [-0.4, -0.2) is 24.6 Å². The van der Waals surface area contributed by atoms with Crippen LogP contribution in [0.25, 0.3) is 10.6 Å². The fraction of sp³-hybridized carbons (Fsp3) is 0.333. The van der Waals surface area contributed by atoms with E-state index in [2.05, 4.69) is 9.97 Å². The van der Waals surface area contributed by atoms with E-state index in [9.17, 15) is 8.42 Å². The summed E-state index contributed by atoms with van der Waals surface area (Å²) in [5.74, 6) is 0.330. The highest BCUT2D eigenvalue weighted by molar-refractivity contribution is 7.92. The van der Waals surface area contributed by atoms with Crippen molar-refractivity contribution in [2.24, 2.45) is 0 Å². The van der Waals surface area contributed by atoms with Crippen molar-refractivity contribution < 1.29 is 8.42 Å². The number of rotatable bonds is 3. The minimum atomic E-state index is -3.19. The zero-order valence-electron chi connectivity index (χ0n) is 9.83. The van der Waals surface area contributed by atoms with Crippen molar-refractivity contribution >= 4 is 21.2 Å². The number of nitrogens with zero attached hydrogens (tertiary/aromatic N) is 2. The molecule has 1 aliphatic rings. The molecule has 6 heteroatoms. The summed E-state index contributed by atoms with van der Waals surface area (Å²) >= 11 is 1.25. The Labute approximate surface area is 110 Å². The summed E-state index contributed by atoms with van der Waals surface area (Å²) in [5, 5.41) is 0.741. The first-order chi connectivity index (χ1) is 8.55. The Morgan fingerprint density at radius 2 is 2.17 bits per heavy atom. The maximum atomic E-state index is 11.8. The van der Waals surface area contributed by atoms with Gasteiger partial charge >= 0.3 is 0 Å². The fourth-order valence-electron chi connectivity index (χ4n) is 1.81. The highest BCUT2D eigenvalue weighted by Gasteiger charge is 2.33. The van der Waals surface area contributed by atoms with E-state index < -0.39 is 9.84 Å². The normalized spacial score (nSPS) is 15.8. The minimum Gasteiger partial charge on any atom is -0.264 e. The van der Waals surface area contributed by atoms with Crippen molar-refractivity contribution in [1.82, 2.24) is 9.97 Å². The van der Waals surface area contributed by atoms with Crippen LogP contribution in [0.4, 0.5) is 0 Å². The Balaban J connectivity index is 2.14. The second-order valence-electron chi connectivity index (χ2n) is 4.48. The van der Waals surface area contributed by atoms with Crippen LogP contribution in [0.1, 0.15) is 24.5 Å². The molecule has 4 nitrogen and oxygen atoms in total. The van der Waals surface area contributed by atoms with Crippen LogP contribution in [-0.2, 0) is 9.84 Å². The first kappa shape index (κ1) is 11.8. The van der Waals surface area contributed by atoms with E-state index in [1.54, 1.807) is 12.4 Å². The third-order valence-corrected chi connectivity index (χ3v) is 5.79. The molecule has 94 valence electrons. The molecule has 0 unspecified atom stereocenters. The lowest BCUT2D eigenvalue weighted by Crippen LogP contribution is -1.97. The van der Waals surface area contributed by atoms with Gasteiger partial charge in [-0.15, -0.1) is 11.3 Å². The molecule has 2 aromatic heterocycles. The predicted molar refractivity (Wildman–Crippen MR) is 70.4 cm³/mol. The van der Waals surface area contributed by atoms with Gasteiger partial charge in [-0.3, -0.25) is 4.98 Å². The molecule has 0 bridgehead atoms. The highest BCUT2D eigenvalue weighted by atomic mass is 32.2. The summed E-state index contributed by atoms with van der Waals surface area (Å²) in [6.45, 7) is 0. The molecule has 0 saturated heterocycles. The number of aromatic nitrogens is 2. The van der Waals surface area contributed by atoms with Gasteiger partial charge in [0.25, 0.3) is 0 Å². The lowest BCUT2D eigenvalue weighted by molar-refractivity contribution is 0.602. The fourth-order valence-corrected chi connectivity index (χ4v) is 4.12. The standard InChI is InChI=1S/C12H12N2O2S2/c1-18(15,16)12-10(8-4-5-8)14-11(17-12)9-3-2-6-13-7-9/h2-3,6-8H,4-5H2,1H3. The molecule has 0 spiro atoms. The van der Waals surface area contributed by atoms with Crippen molar-refractivity contribution in [2.45, 2.75) is 23.0 Å². The summed E-state index contributed by atoms with van der Waals surface area (Å²) in [5.41, 5.74) is 1.63. The minimum absolute atomic E-state index is 0.330. The summed E-state index contributed by atoms with van der Waals surface area (Å²) in [7, 11) is -3.19. The summed E-state index contributed by atoms with van der Waals surface area (Å²) in [6, 6.07) is 3.72. The highest BCUT2D eigenvalue weighted by Crippen LogP contribution is 2.45. The molecule has 1 fully saturated rings. The number of thiazole rings is 1. The van der Waals surface area contributed by atoms with E-state index >= 15 is 0 Å². The molecular formula is C12H12N2O2S2. The topological polar surface area (TPSA) is 59.9 Å². The van der Waals surface area contributed by atoms with Crippen LogP contribution in [0, 0.1) is 0 Å². The molecule has 1 aliphatic carbocycles. The van der Waals surface area contributed by atoms with Crippen LogP contribution in [0.15, 0.2) is 28.7 Å². The van der Waals surface area contributed by atoms with E-state index in [0.717, 1.165) is 29.1 Å². The quantitative estimate of drug-likeness (QED) is 0.866. The molecule has 2 heterocycles. The monoisotopic (exact) mass is 280 g/mol. The van der Waals surface area contributed by atoms with Gasteiger partial charge in [0.15, 0.2) is 9.84 Å². The Morgan fingerprint density at radius 3 is 2.72 bits per heavy atom. The Kier molecular flexibility index (Phi) is 2.71. The maximum Gasteiger partial charge on any atom is 0.186 e. The van der Waals surface area contributed by atoms with E-state index in [-0.39, 0.29) is 0 Å². The molecule has 0 atom stereocenters. The van der Waals surface area contributed by atoms with Crippen LogP contribution < -0.4 is 0 Å². The van der Waals surface area contributed by atoms with Gasteiger partial charge < -0.3 is 0 Å². The second kappa shape index (κ2) is 4.13. The SMILES string of the molecule is CS(=O)(=O)c1sc(-c2cccnc2)nc1C1CC1. The van der Waals surface area contributed by atoms with Crippen LogP contribution >= 0.6 is 11.3 Å².